The number of ether oxygens (including phenoxy) is 1. The first-order valence-electron chi connectivity index (χ1n) is 6.47. The predicted octanol–water partition coefficient (Wildman–Crippen LogP) is 4.03. The number of rotatable bonds is 4. The van der Waals surface area contributed by atoms with Crippen molar-refractivity contribution in [3.8, 4) is 0 Å². The van der Waals surface area contributed by atoms with Crippen LogP contribution in [0.1, 0.15) is 32.8 Å². The van der Waals surface area contributed by atoms with Crippen LogP contribution < -0.4 is 5.32 Å². The van der Waals surface area contributed by atoms with Crippen molar-refractivity contribution in [1.29, 1.82) is 0 Å². The van der Waals surface area contributed by atoms with Crippen molar-refractivity contribution in [1.82, 2.24) is 5.32 Å². The summed E-state index contributed by atoms with van der Waals surface area (Å²) in [6.45, 7) is 5.53. The summed E-state index contributed by atoms with van der Waals surface area (Å²) in [6.07, 6.45) is 2.73. The second kappa shape index (κ2) is 7.15. The summed E-state index contributed by atoms with van der Waals surface area (Å²) in [7, 11) is 0. The quantitative estimate of drug-likeness (QED) is 0.673. The van der Waals surface area contributed by atoms with E-state index in [2.05, 4.69) is 5.32 Å². The number of halogens is 3. The van der Waals surface area contributed by atoms with Crippen molar-refractivity contribution < 1.29 is 22.7 Å². The van der Waals surface area contributed by atoms with E-state index in [1.807, 2.05) is 0 Å². The Morgan fingerprint density at radius 2 is 1.90 bits per heavy atom. The van der Waals surface area contributed by atoms with Crippen LogP contribution in [0.5, 0.6) is 0 Å². The van der Waals surface area contributed by atoms with Crippen LogP contribution in [0.25, 0.3) is 6.08 Å². The summed E-state index contributed by atoms with van der Waals surface area (Å²) in [5.41, 5.74) is -0.625. The molecule has 0 unspecified atom stereocenters. The van der Waals surface area contributed by atoms with E-state index >= 15 is 0 Å². The third kappa shape index (κ3) is 5.89. The summed E-state index contributed by atoms with van der Waals surface area (Å²) < 4.78 is 44.1. The lowest BCUT2D eigenvalue weighted by Gasteiger charge is -2.19. The molecule has 0 fully saturated rings. The molecule has 3 nitrogen and oxygen atoms in total. The van der Waals surface area contributed by atoms with Gasteiger partial charge in [0.05, 0.1) is 0 Å². The minimum atomic E-state index is -1.50. The van der Waals surface area contributed by atoms with E-state index in [1.54, 1.807) is 26.8 Å². The third-order valence-electron chi connectivity index (χ3n) is 2.34. The van der Waals surface area contributed by atoms with Gasteiger partial charge in [0, 0.05) is 12.1 Å². The molecule has 0 aromatic heterocycles. The highest BCUT2D eigenvalue weighted by atomic mass is 19.2. The maximum Gasteiger partial charge on any atom is 0.407 e. The van der Waals surface area contributed by atoms with E-state index in [4.69, 9.17) is 4.74 Å². The first-order valence-corrected chi connectivity index (χ1v) is 6.47. The molecule has 0 aliphatic heterocycles. The molecule has 6 heteroatoms. The maximum absolute atomic E-state index is 13.3. The van der Waals surface area contributed by atoms with Gasteiger partial charge in [-0.15, -0.1) is 0 Å². The van der Waals surface area contributed by atoms with Crippen molar-refractivity contribution in [2.45, 2.75) is 32.8 Å². The highest BCUT2D eigenvalue weighted by Gasteiger charge is 2.15. The molecule has 0 saturated carbocycles. The zero-order chi connectivity index (χ0) is 16.0. The van der Waals surface area contributed by atoms with Crippen LogP contribution in [0.3, 0.4) is 0 Å². The lowest BCUT2D eigenvalue weighted by atomic mass is 10.1. The Labute approximate surface area is 121 Å². The topological polar surface area (TPSA) is 38.3 Å². The third-order valence-corrected chi connectivity index (χ3v) is 2.34. The van der Waals surface area contributed by atoms with E-state index in [0.29, 0.717) is 6.42 Å². The molecule has 0 heterocycles. The van der Waals surface area contributed by atoms with Crippen molar-refractivity contribution in [2.24, 2.45) is 0 Å². The van der Waals surface area contributed by atoms with Gasteiger partial charge in [-0.25, -0.2) is 18.0 Å². The molecule has 1 N–H and O–H groups in total. The molecular weight excluding hydrogens is 283 g/mol. The lowest BCUT2D eigenvalue weighted by molar-refractivity contribution is 0.0529. The Morgan fingerprint density at radius 3 is 2.52 bits per heavy atom. The second-order valence-electron chi connectivity index (χ2n) is 5.38. The average Bonchev–Trinajstić information content (AvgIpc) is 2.36. The van der Waals surface area contributed by atoms with E-state index in [0.717, 1.165) is 12.1 Å². The first kappa shape index (κ1) is 17.1. The van der Waals surface area contributed by atoms with Gasteiger partial charge < -0.3 is 10.1 Å². The van der Waals surface area contributed by atoms with Gasteiger partial charge in [-0.1, -0.05) is 12.2 Å². The van der Waals surface area contributed by atoms with Gasteiger partial charge in [-0.05, 0) is 39.3 Å². The summed E-state index contributed by atoms with van der Waals surface area (Å²) in [5, 5.41) is 2.52. The molecule has 0 aliphatic carbocycles. The predicted molar refractivity (Wildman–Crippen MR) is 74.2 cm³/mol. The first-order chi connectivity index (χ1) is 9.70. The van der Waals surface area contributed by atoms with Crippen LogP contribution in [0.15, 0.2) is 18.2 Å². The van der Waals surface area contributed by atoms with E-state index in [9.17, 15) is 18.0 Å². The number of nitrogens with one attached hydrogen (secondary N) is 1. The highest BCUT2D eigenvalue weighted by Crippen LogP contribution is 2.16. The van der Waals surface area contributed by atoms with Crippen LogP contribution in [0.4, 0.5) is 18.0 Å². The molecule has 21 heavy (non-hydrogen) atoms. The fourth-order valence-corrected chi connectivity index (χ4v) is 1.45. The number of carbonyl (C=O) groups is 1. The molecule has 0 aliphatic rings. The normalized spacial score (nSPS) is 11.7. The minimum absolute atomic E-state index is 0.0498. The Kier molecular flexibility index (Phi) is 5.81. The average molecular weight is 301 g/mol. The van der Waals surface area contributed by atoms with Crippen LogP contribution in [-0.2, 0) is 4.74 Å². The van der Waals surface area contributed by atoms with E-state index in [-0.39, 0.29) is 12.1 Å². The van der Waals surface area contributed by atoms with Gasteiger partial charge in [-0.2, -0.15) is 0 Å². The maximum atomic E-state index is 13.3. The highest BCUT2D eigenvalue weighted by molar-refractivity contribution is 5.67. The van der Waals surface area contributed by atoms with Crippen molar-refractivity contribution in [3.05, 3.63) is 41.2 Å². The molecular formula is C15H18F3NO2. The summed E-state index contributed by atoms with van der Waals surface area (Å²) >= 11 is 0. The number of benzene rings is 1. The molecule has 1 rings (SSSR count). The lowest BCUT2D eigenvalue weighted by Crippen LogP contribution is -2.32. The molecule has 116 valence electrons. The molecule has 0 radical (unpaired) electrons. The second-order valence-corrected chi connectivity index (χ2v) is 5.38. The number of amides is 1. The van der Waals surface area contributed by atoms with Crippen molar-refractivity contribution in [3.63, 3.8) is 0 Å². The fourth-order valence-electron chi connectivity index (χ4n) is 1.45. The zero-order valence-electron chi connectivity index (χ0n) is 12.2. The smallest absolute Gasteiger partial charge is 0.407 e. The van der Waals surface area contributed by atoms with Crippen molar-refractivity contribution in [2.75, 3.05) is 6.54 Å². The number of carbonyl (C=O) groups excluding carboxylic acids is 1. The van der Waals surface area contributed by atoms with Gasteiger partial charge in [0.1, 0.15) is 5.60 Å². The van der Waals surface area contributed by atoms with Gasteiger partial charge in [-0.3, -0.25) is 0 Å². The minimum Gasteiger partial charge on any atom is -0.444 e. The molecule has 1 amide bonds. The Morgan fingerprint density at radius 1 is 1.24 bits per heavy atom. The number of hydrogen-bond acceptors (Lipinski definition) is 2. The van der Waals surface area contributed by atoms with Crippen molar-refractivity contribution >= 4 is 12.2 Å². The van der Waals surface area contributed by atoms with E-state index < -0.39 is 29.1 Å². The Bertz CT molecular complexity index is 536. The molecule has 0 bridgehead atoms. The number of alkyl carbamates (subject to hydrolysis) is 1. The van der Waals surface area contributed by atoms with Crippen LogP contribution in [0.2, 0.25) is 0 Å². The van der Waals surface area contributed by atoms with Gasteiger partial charge >= 0.3 is 6.09 Å². The monoisotopic (exact) mass is 301 g/mol. The van der Waals surface area contributed by atoms with Gasteiger partial charge in [0.2, 0.25) is 0 Å². The SMILES string of the molecule is CC(C)(C)OC(=O)NCCC=Cc1ccc(F)c(F)c1F. The van der Waals surface area contributed by atoms with E-state index in [1.165, 1.54) is 6.08 Å². The standard InChI is InChI=1S/C15H18F3NO2/c1-15(2,3)21-14(20)19-9-5-4-6-10-7-8-11(16)13(18)12(10)17/h4,6-8H,5,9H2,1-3H3,(H,19,20). The summed E-state index contributed by atoms with van der Waals surface area (Å²) in [4.78, 5) is 11.3. The van der Waals surface area contributed by atoms with Crippen LogP contribution >= 0.6 is 0 Å². The molecule has 1 aromatic rings. The van der Waals surface area contributed by atoms with Gasteiger partial charge in [0.15, 0.2) is 17.5 Å². The zero-order valence-corrected chi connectivity index (χ0v) is 12.2. The Balaban J connectivity index is 2.43. The number of hydrogen-bond donors (Lipinski definition) is 1. The summed E-state index contributed by atoms with van der Waals surface area (Å²) in [6, 6.07) is 2.00. The fraction of sp³-hybridized carbons (Fsp3) is 0.400. The summed E-state index contributed by atoms with van der Waals surface area (Å²) in [5.74, 6) is -3.95. The Hall–Kier alpha value is -1.98. The van der Waals surface area contributed by atoms with Crippen LogP contribution in [0, 0.1) is 17.5 Å². The molecule has 0 saturated heterocycles. The van der Waals surface area contributed by atoms with Gasteiger partial charge in [0.25, 0.3) is 0 Å². The van der Waals surface area contributed by atoms with Crippen LogP contribution in [-0.4, -0.2) is 18.2 Å². The molecule has 0 atom stereocenters. The largest absolute Gasteiger partial charge is 0.444 e. The molecule has 1 aromatic carbocycles. The molecule has 0 spiro atoms.